The van der Waals surface area contributed by atoms with Gasteiger partial charge in [-0.15, -0.1) is 0 Å². The predicted octanol–water partition coefficient (Wildman–Crippen LogP) is 2.42. The highest BCUT2D eigenvalue weighted by Gasteiger charge is 2.34. The van der Waals surface area contributed by atoms with Gasteiger partial charge in [-0.1, -0.05) is 0 Å². The van der Waals surface area contributed by atoms with Gasteiger partial charge in [-0.2, -0.15) is 23.0 Å². The Morgan fingerprint density at radius 2 is 1.62 bits per heavy atom. The first-order valence-electron chi connectivity index (χ1n) is 7.36. The summed E-state index contributed by atoms with van der Waals surface area (Å²) in [5.41, 5.74) is -1.60. The number of rotatable bonds is 0. The quantitative estimate of drug-likeness (QED) is 0.722. The number of hydrogen-bond acceptors (Lipinski definition) is 4. The Bertz CT molecular complexity index is 614. The second-order valence-corrected chi connectivity index (χ2v) is 6.41. The standard InChI is InChI=1S/C14H19F3N4O3/c1-13(2,3)24-12(23)20-6-4-19(5-7-20)11(22)21-9-10(8-18-21)14(15,16)17/h8-9H,4-7H2,1-3H3. The lowest BCUT2D eigenvalue weighted by Gasteiger charge is -2.35. The van der Waals surface area contributed by atoms with E-state index >= 15 is 0 Å². The second kappa shape index (κ2) is 6.33. The number of amides is 2. The maximum atomic E-state index is 12.5. The van der Waals surface area contributed by atoms with E-state index in [0.29, 0.717) is 17.1 Å². The third kappa shape index (κ3) is 4.39. The number of piperazine rings is 1. The third-order valence-electron chi connectivity index (χ3n) is 3.31. The summed E-state index contributed by atoms with van der Waals surface area (Å²) >= 11 is 0. The molecule has 0 N–H and O–H groups in total. The lowest BCUT2D eigenvalue weighted by molar-refractivity contribution is -0.137. The summed E-state index contributed by atoms with van der Waals surface area (Å²) < 4.78 is 43.5. The van der Waals surface area contributed by atoms with Crippen molar-refractivity contribution in [2.45, 2.75) is 32.5 Å². The number of nitrogens with zero attached hydrogens (tertiary/aromatic N) is 4. The third-order valence-corrected chi connectivity index (χ3v) is 3.31. The zero-order valence-corrected chi connectivity index (χ0v) is 13.6. The van der Waals surface area contributed by atoms with Gasteiger partial charge in [-0.3, -0.25) is 0 Å². The molecule has 1 aliphatic heterocycles. The van der Waals surface area contributed by atoms with Crippen molar-refractivity contribution in [1.29, 1.82) is 0 Å². The first kappa shape index (κ1) is 18.1. The molecule has 1 saturated heterocycles. The largest absolute Gasteiger partial charge is 0.444 e. The van der Waals surface area contributed by atoms with E-state index < -0.39 is 29.5 Å². The lowest BCUT2D eigenvalue weighted by Crippen LogP contribution is -2.52. The Balaban J connectivity index is 1.93. The van der Waals surface area contributed by atoms with E-state index in [1.165, 1.54) is 9.80 Å². The van der Waals surface area contributed by atoms with Crippen LogP contribution in [0.5, 0.6) is 0 Å². The van der Waals surface area contributed by atoms with E-state index in [9.17, 15) is 22.8 Å². The van der Waals surface area contributed by atoms with Crippen molar-refractivity contribution < 1.29 is 27.5 Å². The molecule has 0 aliphatic carbocycles. The fourth-order valence-electron chi connectivity index (χ4n) is 2.13. The van der Waals surface area contributed by atoms with Gasteiger partial charge in [0, 0.05) is 32.4 Å². The molecule has 2 heterocycles. The van der Waals surface area contributed by atoms with Crippen LogP contribution >= 0.6 is 0 Å². The molecule has 0 bridgehead atoms. The van der Waals surface area contributed by atoms with Crippen molar-refractivity contribution in [2.75, 3.05) is 26.2 Å². The molecule has 2 amide bonds. The van der Waals surface area contributed by atoms with Crippen molar-refractivity contribution in [2.24, 2.45) is 0 Å². The SMILES string of the molecule is CC(C)(C)OC(=O)N1CCN(C(=O)n2cc(C(F)(F)F)cn2)CC1. The van der Waals surface area contributed by atoms with E-state index in [1.807, 2.05) is 0 Å². The molecule has 0 spiro atoms. The summed E-state index contributed by atoms with van der Waals surface area (Å²) in [6.07, 6.45) is -3.77. The van der Waals surface area contributed by atoms with Gasteiger partial charge in [0.1, 0.15) is 5.60 Å². The van der Waals surface area contributed by atoms with Gasteiger partial charge < -0.3 is 14.5 Å². The van der Waals surface area contributed by atoms with Crippen LogP contribution in [0.1, 0.15) is 26.3 Å². The molecular formula is C14H19F3N4O3. The Morgan fingerprint density at radius 3 is 2.08 bits per heavy atom. The monoisotopic (exact) mass is 348 g/mol. The lowest BCUT2D eigenvalue weighted by atomic mass is 10.2. The molecule has 24 heavy (non-hydrogen) atoms. The van der Waals surface area contributed by atoms with E-state index in [2.05, 4.69) is 5.10 Å². The average Bonchev–Trinajstić information content (AvgIpc) is 2.94. The molecule has 7 nitrogen and oxygen atoms in total. The zero-order chi connectivity index (χ0) is 18.1. The van der Waals surface area contributed by atoms with E-state index in [4.69, 9.17) is 4.74 Å². The van der Waals surface area contributed by atoms with Crippen LogP contribution < -0.4 is 0 Å². The Morgan fingerprint density at radius 1 is 1.08 bits per heavy atom. The van der Waals surface area contributed by atoms with Gasteiger partial charge in [0.05, 0.1) is 11.8 Å². The van der Waals surface area contributed by atoms with Crippen molar-refractivity contribution in [3.05, 3.63) is 18.0 Å². The Kier molecular flexibility index (Phi) is 4.77. The minimum absolute atomic E-state index is 0.194. The van der Waals surface area contributed by atoms with Gasteiger partial charge in [0.2, 0.25) is 0 Å². The normalized spacial score (nSPS) is 16.2. The van der Waals surface area contributed by atoms with Gasteiger partial charge in [0.25, 0.3) is 0 Å². The summed E-state index contributed by atoms with van der Waals surface area (Å²) in [4.78, 5) is 26.9. The molecule has 0 unspecified atom stereocenters. The molecule has 0 radical (unpaired) electrons. The first-order valence-corrected chi connectivity index (χ1v) is 7.36. The number of carbonyl (C=O) groups is 2. The van der Waals surface area contributed by atoms with Crippen LogP contribution in [0.15, 0.2) is 12.4 Å². The molecule has 134 valence electrons. The van der Waals surface area contributed by atoms with Crippen molar-refractivity contribution in [3.63, 3.8) is 0 Å². The average molecular weight is 348 g/mol. The molecule has 2 rings (SSSR count). The summed E-state index contributed by atoms with van der Waals surface area (Å²) in [5, 5.41) is 3.46. The van der Waals surface area contributed by atoms with Crippen LogP contribution in [0.4, 0.5) is 22.8 Å². The summed E-state index contributed by atoms with van der Waals surface area (Å²) in [6, 6.07) is -0.658. The molecule has 0 aromatic carbocycles. The topological polar surface area (TPSA) is 67.7 Å². The highest BCUT2D eigenvalue weighted by Crippen LogP contribution is 2.28. The Hall–Kier alpha value is -2.26. The van der Waals surface area contributed by atoms with E-state index in [-0.39, 0.29) is 26.2 Å². The van der Waals surface area contributed by atoms with Crippen molar-refractivity contribution in [3.8, 4) is 0 Å². The van der Waals surface area contributed by atoms with Gasteiger partial charge >= 0.3 is 18.3 Å². The predicted molar refractivity (Wildman–Crippen MR) is 77.4 cm³/mol. The minimum Gasteiger partial charge on any atom is -0.444 e. The number of ether oxygens (including phenoxy) is 1. The highest BCUT2D eigenvalue weighted by atomic mass is 19.4. The zero-order valence-electron chi connectivity index (χ0n) is 13.6. The van der Waals surface area contributed by atoms with E-state index in [1.54, 1.807) is 20.8 Å². The number of aromatic nitrogens is 2. The molecule has 10 heteroatoms. The molecule has 1 aromatic heterocycles. The number of hydrogen-bond donors (Lipinski definition) is 0. The molecule has 1 aromatic rings. The first-order chi connectivity index (χ1) is 11.0. The molecular weight excluding hydrogens is 329 g/mol. The number of halogens is 3. The highest BCUT2D eigenvalue weighted by molar-refractivity contribution is 5.76. The number of carbonyl (C=O) groups excluding carboxylic acids is 2. The van der Waals surface area contributed by atoms with Crippen molar-refractivity contribution >= 4 is 12.1 Å². The smallest absolute Gasteiger partial charge is 0.419 e. The van der Waals surface area contributed by atoms with Crippen LogP contribution in [0, 0.1) is 0 Å². The minimum atomic E-state index is -4.55. The fourth-order valence-corrected chi connectivity index (χ4v) is 2.13. The van der Waals surface area contributed by atoms with Crippen LogP contribution in [0.2, 0.25) is 0 Å². The maximum Gasteiger partial charge on any atom is 0.419 e. The van der Waals surface area contributed by atoms with Crippen LogP contribution in [-0.4, -0.2) is 63.5 Å². The summed E-state index contributed by atoms with van der Waals surface area (Å²) in [5.74, 6) is 0. The molecule has 1 fully saturated rings. The van der Waals surface area contributed by atoms with Crippen molar-refractivity contribution in [1.82, 2.24) is 19.6 Å². The van der Waals surface area contributed by atoms with Crippen LogP contribution in [0.3, 0.4) is 0 Å². The van der Waals surface area contributed by atoms with Crippen LogP contribution in [-0.2, 0) is 10.9 Å². The Labute approximate surface area is 137 Å². The maximum absolute atomic E-state index is 12.5. The van der Waals surface area contributed by atoms with Gasteiger partial charge in [-0.25, -0.2) is 9.59 Å². The summed E-state index contributed by atoms with van der Waals surface area (Å²) in [7, 11) is 0. The molecule has 0 atom stereocenters. The molecule has 1 aliphatic rings. The van der Waals surface area contributed by atoms with Crippen LogP contribution in [0.25, 0.3) is 0 Å². The van der Waals surface area contributed by atoms with Gasteiger partial charge in [0.15, 0.2) is 0 Å². The fraction of sp³-hybridized carbons (Fsp3) is 0.643. The van der Waals surface area contributed by atoms with E-state index in [0.717, 1.165) is 0 Å². The van der Waals surface area contributed by atoms with Gasteiger partial charge in [-0.05, 0) is 20.8 Å². The second-order valence-electron chi connectivity index (χ2n) is 6.41. The number of alkyl halides is 3. The summed E-state index contributed by atoms with van der Waals surface area (Å²) in [6.45, 7) is 6.13. The molecule has 0 saturated carbocycles.